The van der Waals surface area contributed by atoms with Crippen molar-refractivity contribution in [2.24, 2.45) is 0 Å². The first-order valence-corrected chi connectivity index (χ1v) is 7.11. The van der Waals surface area contributed by atoms with Gasteiger partial charge >= 0.3 is 0 Å². The molecular weight excluding hydrogens is 224 g/mol. The van der Waals surface area contributed by atoms with Crippen LogP contribution in [0.25, 0.3) is 0 Å². The number of nitrogens with zero attached hydrogens (tertiary/aromatic N) is 1. The summed E-state index contributed by atoms with van der Waals surface area (Å²) < 4.78 is 25.9. The molecule has 0 radical (unpaired) electrons. The maximum atomic E-state index is 11.6. The van der Waals surface area contributed by atoms with Crippen molar-refractivity contribution in [3.63, 3.8) is 0 Å². The summed E-state index contributed by atoms with van der Waals surface area (Å²) in [6.45, 7) is 3.77. The van der Waals surface area contributed by atoms with Gasteiger partial charge in [0.1, 0.15) is 0 Å². The summed E-state index contributed by atoms with van der Waals surface area (Å²) in [5, 5.41) is 0. The molecule has 4 nitrogen and oxygen atoms in total. The maximum Gasteiger partial charge on any atom is 0.212 e. The van der Waals surface area contributed by atoms with Crippen molar-refractivity contribution in [2.75, 3.05) is 5.75 Å². The highest BCUT2D eigenvalue weighted by Crippen LogP contribution is 2.10. The quantitative estimate of drug-likeness (QED) is 0.828. The number of hydrogen-bond acceptors (Lipinski definition) is 3. The third-order valence-corrected chi connectivity index (χ3v) is 3.79. The first kappa shape index (κ1) is 13.1. The Hall–Kier alpha value is -0.940. The number of pyridine rings is 1. The molecular formula is C11H18N2O2S. The van der Waals surface area contributed by atoms with E-state index in [0.29, 0.717) is 6.42 Å². The summed E-state index contributed by atoms with van der Waals surface area (Å²) >= 11 is 0. The highest BCUT2D eigenvalue weighted by atomic mass is 32.2. The third-order valence-electron chi connectivity index (χ3n) is 2.25. The van der Waals surface area contributed by atoms with E-state index in [1.54, 1.807) is 13.1 Å². The van der Waals surface area contributed by atoms with Crippen molar-refractivity contribution < 1.29 is 8.42 Å². The summed E-state index contributed by atoms with van der Waals surface area (Å²) in [4.78, 5) is 4.12. The monoisotopic (exact) mass is 242 g/mol. The lowest BCUT2D eigenvalue weighted by Crippen LogP contribution is -2.29. The summed E-state index contributed by atoms with van der Waals surface area (Å²) in [7, 11) is -3.18. The van der Waals surface area contributed by atoms with E-state index in [9.17, 15) is 8.42 Å². The van der Waals surface area contributed by atoms with Gasteiger partial charge in [0.15, 0.2) is 0 Å². The van der Waals surface area contributed by atoms with E-state index in [0.717, 1.165) is 12.1 Å². The molecule has 90 valence electrons. The molecule has 1 aromatic heterocycles. The van der Waals surface area contributed by atoms with Gasteiger partial charge in [0.25, 0.3) is 0 Å². The minimum absolute atomic E-state index is 0.181. The van der Waals surface area contributed by atoms with E-state index in [-0.39, 0.29) is 11.8 Å². The summed E-state index contributed by atoms with van der Waals surface area (Å²) in [5.41, 5.74) is 0.738. The smallest absolute Gasteiger partial charge is 0.212 e. The highest BCUT2D eigenvalue weighted by molar-refractivity contribution is 7.89. The fourth-order valence-corrected chi connectivity index (χ4v) is 2.80. The number of aromatic nitrogens is 1. The lowest BCUT2D eigenvalue weighted by atomic mass is 10.2. The average Bonchev–Trinajstić information content (AvgIpc) is 2.27. The number of nitrogens with one attached hydrogen (secondary N) is 1. The van der Waals surface area contributed by atoms with Crippen LogP contribution in [0.5, 0.6) is 0 Å². The van der Waals surface area contributed by atoms with Crippen LogP contribution in [-0.2, 0) is 10.0 Å². The zero-order valence-electron chi connectivity index (χ0n) is 9.68. The largest absolute Gasteiger partial charge is 0.260 e. The fraction of sp³-hybridized carbons (Fsp3) is 0.545. The Bertz CT molecular complexity index is 403. The lowest BCUT2D eigenvalue weighted by molar-refractivity contribution is 0.561. The zero-order valence-corrected chi connectivity index (χ0v) is 10.5. The van der Waals surface area contributed by atoms with Crippen LogP contribution in [-0.4, -0.2) is 19.2 Å². The van der Waals surface area contributed by atoms with Gasteiger partial charge < -0.3 is 0 Å². The van der Waals surface area contributed by atoms with Crippen LogP contribution in [0.15, 0.2) is 24.4 Å². The molecule has 1 heterocycles. The van der Waals surface area contributed by atoms with Crippen LogP contribution in [0.2, 0.25) is 0 Å². The van der Waals surface area contributed by atoms with E-state index in [1.807, 2.05) is 25.1 Å². The third kappa shape index (κ3) is 4.28. The van der Waals surface area contributed by atoms with Gasteiger partial charge in [-0.2, -0.15) is 0 Å². The molecule has 0 saturated carbocycles. The Morgan fingerprint density at radius 3 is 2.75 bits per heavy atom. The van der Waals surface area contributed by atoms with Crippen molar-refractivity contribution in [3.8, 4) is 0 Å². The second kappa shape index (κ2) is 5.96. The molecule has 1 aromatic rings. The maximum absolute atomic E-state index is 11.6. The molecule has 0 spiro atoms. The number of hydrogen-bond donors (Lipinski definition) is 1. The van der Waals surface area contributed by atoms with Gasteiger partial charge in [-0.15, -0.1) is 0 Å². The summed E-state index contributed by atoms with van der Waals surface area (Å²) in [5.74, 6) is 0.181. The van der Waals surface area contributed by atoms with Crippen molar-refractivity contribution in [1.82, 2.24) is 9.71 Å². The SMILES string of the molecule is CCCCS(=O)(=O)NC(C)c1ccccn1. The molecule has 1 atom stereocenters. The first-order chi connectivity index (χ1) is 7.55. The summed E-state index contributed by atoms with van der Waals surface area (Å²) in [6, 6.07) is 5.19. The summed E-state index contributed by atoms with van der Waals surface area (Å²) in [6.07, 6.45) is 3.22. The molecule has 1 rings (SSSR count). The van der Waals surface area contributed by atoms with Crippen molar-refractivity contribution >= 4 is 10.0 Å². The first-order valence-electron chi connectivity index (χ1n) is 5.46. The number of rotatable bonds is 6. The van der Waals surface area contributed by atoms with E-state index < -0.39 is 10.0 Å². The molecule has 0 aliphatic heterocycles. The average molecular weight is 242 g/mol. The van der Waals surface area contributed by atoms with Crippen LogP contribution in [0.1, 0.15) is 38.4 Å². The van der Waals surface area contributed by atoms with E-state index in [1.165, 1.54) is 0 Å². The Kier molecular flexibility index (Phi) is 4.89. The van der Waals surface area contributed by atoms with Gasteiger partial charge in [0.05, 0.1) is 17.5 Å². The molecule has 0 aromatic carbocycles. The molecule has 0 aliphatic carbocycles. The Balaban J connectivity index is 2.61. The number of sulfonamides is 1. The topological polar surface area (TPSA) is 59.1 Å². The van der Waals surface area contributed by atoms with E-state index >= 15 is 0 Å². The van der Waals surface area contributed by atoms with Crippen LogP contribution in [0, 0.1) is 0 Å². The highest BCUT2D eigenvalue weighted by Gasteiger charge is 2.15. The Morgan fingerprint density at radius 2 is 2.19 bits per heavy atom. The standard InChI is InChI=1S/C11H18N2O2S/c1-3-4-9-16(14,15)13-10(2)11-7-5-6-8-12-11/h5-8,10,13H,3-4,9H2,1-2H3. The second-order valence-electron chi connectivity index (χ2n) is 3.77. The Labute approximate surface area is 97.2 Å². The van der Waals surface area contributed by atoms with E-state index in [2.05, 4.69) is 9.71 Å². The normalized spacial score (nSPS) is 13.6. The predicted octanol–water partition coefficient (Wildman–Crippen LogP) is 1.86. The Morgan fingerprint density at radius 1 is 1.44 bits per heavy atom. The van der Waals surface area contributed by atoms with Gasteiger partial charge in [0.2, 0.25) is 10.0 Å². The molecule has 1 N–H and O–H groups in total. The fourth-order valence-electron chi connectivity index (χ4n) is 1.36. The van der Waals surface area contributed by atoms with Crippen LogP contribution in [0.4, 0.5) is 0 Å². The van der Waals surface area contributed by atoms with Crippen molar-refractivity contribution in [3.05, 3.63) is 30.1 Å². The van der Waals surface area contributed by atoms with Crippen LogP contribution in [0.3, 0.4) is 0 Å². The predicted molar refractivity (Wildman–Crippen MR) is 64.5 cm³/mol. The second-order valence-corrected chi connectivity index (χ2v) is 5.64. The molecule has 0 aliphatic rings. The molecule has 5 heteroatoms. The van der Waals surface area contributed by atoms with Gasteiger partial charge in [0, 0.05) is 6.20 Å². The minimum Gasteiger partial charge on any atom is -0.260 e. The van der Waals surface area contributed by atoms with Crippen molar-refractivity contribution in [1.29, 1.82) is 0 Å². The molecule has 0 amide bonds. The lowest BCUT2D eigenvalue weighted by Gasteiger charge is -2.13. The molecule has 0 bridgehead atoms. The van der Waals surface area contributed by atoms with Gasteiger partial charge in [-0.25, -0.2) is 13.1 Å². The molecule has 1 unspecified atom stereocenters. The van der Waals surface area contributed by atoms with Gasteiger partial charge in [-0.3, -0.25) is 4.98 Å². The van der Waals surface area contributed by atoms with Crippen LogP contribution < -0.4 is 4.72 Å². The van der Waals surface area contributed by atoms with Crippen molar-refractivity contribution in [2.45, 2.75) is 32.7 Å². The molecule has 0 fully saturated rings. The molecule has 16 heavy (non-hydrogen) atoms. The van der Waals surface area contributed by atoms with Crippen LogP contribution >= 0.6 is 0 Å². The molecule has 0 saturated heterocycles. The van der Waals surface area contributed by atoms with Gasteiger partial charge in [-0.1, -0.05) is 19.4 Å². The minimum atomic E-state index is -3.18. The number of unbranched alkanes of at least 4 members (excludes halogenated alkanes) is 1. The van der Waals surface area contributed by atoms with Gasteiger partial charge in [-0.05, 0) is 25.5 Å². The van der Waals surface area contributed by atoms with E-state index in [4.69, 9.17) is 0 Å². The zero-order chi connectivity index (χ0) is 12.0.